The minimum Gasteiger partial charge on any atom is -0.383 e. The number of sulfonamides is 1. The van der Waals surface area contributed by atoms with Crippen molar-refractivity contribution >= 4 is 15.8 Å². The maximum atomic E-state index is 12.3. The quantitative estimate of drug-likeness (QED) is 0.744. The van der Waals surface area contributed by atoms with Gasteiger partial charge in [-0.15, -0.1) is 0 Å². The Morgan fingerprint density at radius 3 is 2.26 bits per heavy atom. The highest BCUT2D eigenvalue weighted by molar-refractivity contribution is 7.89. The predicted molar refractivity (Wildman–Crippen MR) is 72.7 cm³/mol. The molecule has 0 aliphatic carbocycles. The normalized spacial score (nSPS) is 13.5. The van der Waals surface area contributed by atoms with Gasteiger partial charge in [0.15, 0.2) is 5.78 Å². The van der Waals surface area contributed by atoms with Crippen LogP contribution >= 0.6 is 0 Å². The van der Waals surface area contributed by atoms with Crippen molar-refractivity contribution < 1.29 is 17.9 Å². The molecular weight excluding hydrogens is 266 g/mol. The fraction of sp³-hybridized carbons (Fsp3) is 0.462. The zero-order valence-corrected chi connectivity index (χ0v) is 12.4. The van der Waals surface area contributed by atoms with Gasteiger partial charge in [0.2, 0.25) is 10.0 Å². The van der Waals surface area contributed by atoms with Gasteiger partial charge in [-0.1, -0.05) is 12.1 Å². The summed E-state index contributed by atoms with van der Waals surface area (Å²) in [4.78, 5) is 11.3. The van der Waals surface area contributed by atoms with E-state index in [1.807, 2.05) is 0 Å². The number of ether oxygens (including phenoxy) is 1. The lowest BCUT2D eigenvalue weighted by molar-refractivity contribution is 0.101. The number of methoxy groups -OCH3 is 1. The lowest BCUT2D eigenvalue weighted by atomic mass is 10.2. The van der Waals surface area contributed by atoms with E-state index < -0.39 is 10.0 Å². The van der Waals surface area contributed by atoms with Crippen molar-refractivity contribution in [1.29, 1.82) is 0 Å². The lowest BCUT2D eigenvalue weighted by Gasteiger charge is -2.23. The van der Waals surface area contributed by atoms with Gasteiger partial charge in [0.1, 0.15) is 0 Å². The van der Waals surface area contributed by atoms with E-state index in [2.05, 4.69) is 0 Å². The topological polar surface area (TPSA) is 63.7 Å². The molecule has 1 atom stereocenters. The zero-order valence-electron chi connectivity index (χ0n) is 11.6. The van der Waals surface area contributed by atoms with Crippen molar-refractivity contribution in [2.45, 2.75) is 24.8 Å². The van der Waals surface area contributed by atoms with Gasteiger partial charge < -0.3 is 4.74 Å². The molecule has 0 aromatic heterocycles. The Kier molecular flexibility index (Phi) is 5.22. The van der Waals surface area contributed by atoms with Gasteiger partial charge in [-0.25, -0.2) is 8.42 Å². The number of Topliss-reactive ketones (excluding diaryl/α,β-unsaturated/α-hetero) is 1. The molecule has 0 radical (unpaired) electrons. The summed E-state index contributed by atoms with van der Waals surface area (Å²) >= 11 is 0. The lowest BCUT2D eigenvalue weighted by Crippen LogP contribution is -2.37. The van der Waals surface area contributed by atoms with Crippen LogP contribution in [0.3, 0.4) is 0 Å². The number of benzene rings is 1. The minimum atomic E-state index is -3.56. The van der Waals surface area contributed by atoms with Crippen LogP contribution in [0, 0.1) is 0 Å². The Morgan fingerprint density at radius 1 is 1.32 bits per heavy atom. The smallest absolute Gasteiger partial charge is 0.243 e. The number of hydrogen-bond acceptors (Lipinski definition) is 4. The molecule has 0 N–H and O–H groups in total. The summed E-state index contributed by atoms with van der Waals surface area (Å²) in [7, 11) is -0.523. The van der Waals surface area contributed by atoms with Crippen LogP contribution in [0.25, 0.3) is 0 Å². The molecule has 0 amide bonds. The largest absolute Gasteiger partial charge is 0.383 e. The van der Waals surface area contributed by atoms with Crippen LogP contribution in [0.2, 0.25) is 0 Å². The van der Waals surface area contributed by atoms with E-state index in [9.17, 15) is 13.2 Å². The molecule has 0 fully saturated rings. The van der Waals surface area contributed by atoms with Crippen molar-refractivity contribution in [3.8, 4) is 0 Å². The second-order valence-corrected chi connectivity index (χ2v) is 6.40. The van der Waals surface area contributed by atoms with E-state index in [0.717, 1.165) is 0 Å². The Labute approximate surface area is 114 Å². The summed E-state index contributed by atoms with van der Waals surface area (Å²) in [5.74, 6) is -0.0925. The first-order valence-electron chi connectivity index (χ1n) is 5.88. The van der Waals surface area contributed by atoms with Crippen LogP contribution in [-0.4, -0.2) is 45.3 Å². The van der Waals surface area contributed by atoms with Gasteiger partial charge in [0.25, 0.3) is 0 Å². The van der Waals surface area contributed by atoms with Gasteiger partial charge in [-0.05, 0) is 26.0 Å². The molecule has 0 bridgehead atoms. The number of carbonyl (C=O) groups is 1. The first-order valence-corrected chi connectivity index (χ1v) is 7.32. The SMILES string of the molecule is COCC(C)N(C)S(=O)(=O)c1ccc(C(C)=O)cc1. The molecule has 0 spiro atoms. The Balaban J connectivity index is 3.03. The number of likely N-dealkylation sites (N-methyl/N-ethyl adjacent to an activating group) is 1. The maximum Gasteiger partial charge on any atom is 0.243 e. The van der Waals surface area contributed by atoms with Gasteiger partial charge >= 0.3 is 0 Å². The molecule has 5 nitrogen and oxygen atoms in total. The van der Waals surface area contributed by atoms with E-state index in [1.165, 1.54) is 49.7 Å². The first-order chi connectivity index (χ1) is 8.80. The van der Waals surface area contributed by atoms with Crippen LogP contribution in [0.4, 0.5) is 0 Å². The molecule has 0 saturated carbocycles. The molecule has 1 aromatic rings. The Bertz CT molecular complexity index is 536. The molecule has 106 valence electrons. The predicted octanol–water partition coefficient (Wildman–Crippen LogP) is 1.54. The highest BCUT2D eigenvalue weighted by Crippen LogP contribution is 2.17. The van der Waals surface area contributed by atoms with Crippen LogP contribution in [0.1, 0.15) is 24.2 Å². The molecule has 0 aliphatic rings. The van der Waals surface area contributed by atoms with Crippen LogP contribution in [-0.2, 0) is 14.8 Å². The average molecular weight is 285 g/mol. The fourth-order valence-electron chi connectivity index (χ4n) is 1.61. The highest BCUT2D eigenvalue weighted by atomic mass is 32.2. The molecule has 1 aromatic carbocycles. The van der Waals surface area contributed by atoms with Crippen molar-refractivity contribution in [3.05, 3.63) is 29.8 Å². The summed E-state index contributed by atoms with van der Waals surface area (Å²) in [5.41, 5.74) is 0.492. The first kappa shape index (κ1) is 15.8. The molecule has 6 heteroatoms. The van der Waals surface area contributed by atoms with Crippen molar-refractivity contribution in [2.75, 3.05) is 20.8 Å². The minimum absolute atomic E-state index is 0.0925. The molecular formula is C13H19NO4S. The standard InChI is InChI=1S/C13H19NO4S/c1-10(9-18-4)14(3)19(16,17)13-7-5-12(6-8-13)11(2)15/h5-8,10H,9H2,1-4H3. The second kappa shape index (κ2) is 6.27. The summed E-state index contributed by atoms with van der Waals surface area (Å²) in [6, 6.07) is 5.67. The third kappa shape index (κ3) is 3.62. The Morgan fingerprint density at radius 2 is 1.84 bits per heavy atom. The van der Waals surface area contributed by atoms with Gasteiger partial charge in [-0.3, -0.25) is 4.79 Å². The maximum absolute atomic E-state index is 12.3. The average Bonchev–Trinajstić information content (AvgIpc) is 2.38. The molecule has 1 unspecified atom stereocenters. The zero-order chi connectivity index (χ0) is 14.6. The summed E-state index contributed by atoms with van der Waals surface area (Å²) in [6.07, 6.45) is 0. The van der Waals surface area contributed by atoms with Crippen molar-refractivity contribution in [1.82, 2.24) is 4.31 Å². The fourth-order valence-corrected chi connectivity index (χ4v) is 2.96. The Hall–Kier alpha value is -1.24. The molecule has 0 aliphatic heterocycles. The molecule has 1 rings (SSSR count). The van der Waals surface area contributed by atoms with Crippen molar-refractivity contribution in [3.63, 3.8) is 0 Å². The summed E-state index contributed by atoms with van der Waals surface area (Å²) < 4.78 is 30.8. The number of nitrogens with zero attached hydrogens (tertiary/aromatic N) is 1. The third-order valence-electron chi connectivity index (χ3n) is 2.97. The van der Waals surface area contributed by atoms with Crippen LogP contribution < -0.4 is 0 Å². The number of hydrogen-bond donors (Lipinski definition) is 0. The van der Waals surface area contributed by atoms with E-state index >= 15 is 0 Å². The van der Waals surface area contributed by atoms with Crippen LogP contribution in [0.15, 0.2) is 29.2 Å². The van der Waals surface area contributed by atoms with Crippen LogP contribution in [0.5, 0.6) is 0 Å². The number of ketones is 1. The van der Waals surface area contributed by atoms with Gasteiger partial charge in [0.05, 0.1) is 11.5 Å². The van der Waals surface area contributed by atoms with E-state index in [-0.39, 0.29) is 16.7 Å². The van der Waals surface area contributed by atoms with E-state index in [0.29, 0.717) is 12.2 Å². The summed E-state index contributed by atoms with van der Waals surface area (Å²) in [5, 5.41) is 0. The van der Waals surface area contributed by atoms with E-state index in [4.69, 9.17) is 4.74 Å². The van der Waals surface area contributed by atoms with E-state index in [1.54, 1.807) is 6.92 Å². The number of rotatable bonds is 6. The number of carbonyl (C=O) groups excluding carboxylic acids is 1. The summed E-state index contributed by atoms with van der Waals surface area (Å²) in [6.45, 7) is 3.53. The second-order valence-electron chi connectivity index (χ2n) is 4.41. The molecule has 0 saturated heterocycles. The molecule has 0 heterocycles. The molecule has 19 heavy (non-hydrogen) atoms. The van der Waals surface area contributed by atoms with Gasteiger partial charge in [0, 0.05) is 25.8 Å². The van der Waals surface area contributed by atoms with Crippen molar-refractivity contribution in [2.24, 2.45) is 0 Å². The highest BCUT2D eigenvalue weighted by Gasteiger charge is 2.25. The van der Waals surface area contributed by atoms with Gasteiger partial charge in [-0.2, -0.15) is 4.31 Å². The third-order valence-corrected chi connectivity index (χ3v) is 4.95. The monoisotopic (exact) mass is 285 g/mol.